The monoisotopic (exact) mass is 366 g/mol. The predicted octanol–water partition coefficient (Wildman–Crippen LogP) is 3.18. The van der Waals surface area contributed by atoms with Gasteiger partial charge in [0.1, 0.15) is 0 Å². The molecule has 0 aliphatic carbocycles. The number of hydrogen-bond donors (Lipinski definition) is 2. The van der Waals surface area contributed by atoms with Gasteiger partial charge in [-0.3, -0.25) is 4.79 Å². The summed E-state index contributed by atoms with van der Waals surface area (Å²) in [6, 6.07) is 10.1. The molecule has 2 rings (SSSR count). The second-order valence-corrected chi connectivity index (χ2v) is 7.78. The Morgan fingerprint density at radius 3 is 2.42 bits per heavy atom. The number of carbonyl (C=O) groups excluding carboxylic acids is 1. The number of amides is 1. The van der Waals surface area contributed by atoms with E-state index >= 15 is 0 Å². The van der Waals surface area contributed by atoms with Crippen LogP contribution in [0.4, 0.5) is 5.69 Å². The molecule has 128 valence electrons. The Hall–Kier alpha value is -1.89. The van der Waals surface area contributed by atoms with Gasteiger partial charge in [0, 0.05) is 10.7 Å². The number of nitrogens with one attached hydrogen (secondary N) is 2. The van der Waals surface area contributed by atoms with E-state index in [-0.39, 0.29) is 11.4 Å². The number of aryl methyl sites for hydroxylation is 3. The van der Waals surface area contributed by atoms with E-state index in [1.54, 1.807) is 6.92 Å². The van der Waals surface area contributed by atoms with Crippen LogP contribution in [0.25, 0.3) is 0 Å². The lowest BCUT2D eigenvalue weighted by molar-refractivity contribution is -0.115. The fraction of sp³-hybridized carbons (Fsp3) is 0.235. The van der Waals surface area contributed by atoms with Crippen molar-refractivity contribution in [3.63, 3.8) is 0 Å². The molecule has 0 aliphatic rings. The first kappa shape index (κ1) is 18.4. The molecule has 2 aromatic rings. The lowest BCUT2D eigenvalue weighted by Gasteiger charge is -2.11. The summed E-state index contributed by atoms with van der Waals surface area (Å²) in [4.78, 5) is 12.1. The first-order valence-electron chi connectivity index (χ1n) is 7.32. The van der Waals surface area contributed by atoms with Crippen molar-refractivity contribution in [2.24, 2.45) is 0 Å². The molecule has 7 heteroatoms. The quantitative estimate of drug-likeness (QED) is 0.853. The average molecular weight is 367 g/mol. The Bertz CT molecular complexity index is 879. The zero-order valence-corrected chi connectivity index (χ0v) is 15.3. The van der Waals surface area contributed by atoms with Crippen LogP contribution in [0.2, 0.25) is 5.02 Å². The van der Waals surface area contributed by atoms with Gasteiger partial charge in [0.2, 0.25) is 15.9 Å². The van der Waals surface area contributed by atoms with Crippen LogP contribution in [0.15, 0.2) is 41.3 Å². The zero-order chi connectivity index (χ0) is 17.9. The molecule has 0 fully saturated rings. The highest BCUT2D eigenvalue weighted by molar-refractivity contribution is 7.89. The van der Waals surface area contributed by atoms with E-state index in [4.69, 9.17) is 11.6 Å². The van der Waals surface area contributed by atoms with E-state index in [2.05, 4.69) is 10.0 Å². The summed E-state index contributed by atoms with van der Waals surface area (Å²) in [7, 11) is -3.77. The molecule has 0 atom stereocenters. The van der Waals surface area contributed by atoms with Crippen LogP contribution in [-0.4, -0.2) is 20.9 Å². The van der Waals surface area contributed by atoms with Crippen LogP contribution in [0.1, 0.15) is 16.7 Å². The number of benzene rings is 2. The van der Waals surface area contributed by atoms with Crippen LogP contribution < -0.4 is 10.0 Å². The maximum Gasteiger partial charge on any atom is 0.241 e. The molecule has 0 radical (unpaired) electrons. The van der Waals surface area contributed by atoms with E-state index in [1.807, 2.05) is 32.0 Å². The first-order chi connectivity index (χ1) is 11.2. The third-order valence-electron chi connectivity index (χ3n) is 3.53. The van der Waals surface area contributed by atoms with Gasteiger partial charge in [0.15, 0.2) is 0 Å². The van der Waals surface area contributed by atoms with E-state index in [9.17, 15) is 13.2 Å². The maximum atomic E-state index is 12.2. The Balaban J connectivity index is 2.04. The molecule has 5 nitrogen and oxygen atoms in total. The van der Waals surface area contributed by atoms with E-state index in [0.717, 1.165) is 11.1 Å². The standard InChI is InChI=1S/C17H19ClN2O3S/c1-11-4-5-12(2)16(8-11)20-17(21)10-19-24(22,23)14-6-7-15(18)13(3)9-14/h4-9,19H,10H2,1-3H3,(H,20,21). The molecule has 0 heterocycles. The van der Waals surface area contributed by atoms with E-state index in [1.165, 1.54) is 18.2 Å². The van der Waals surface area contributed by atoms with Crippen LogP contribution in [0, 0.1) is 20.8 Å². The topological polar surface area (TPSA) is 75.3 Å². The number of carbonyl (C=O) groups is 1. The average Bonchev–Trinajstić information content (AvgIpc) is 2.51. The van der Waals surface area contributed by atoms with Crippen molar-refractivity contribution in [3.05, 3.63) is 58.1 Å². The number of sulfonamides is 1. The minimum absolute atomic E-state index is 0.0731. The van der Waals surface area contributed by atoms with Crippen molar-refractivity contribution in [2.75, 3.05) is 11.9 Å². The summed E-state index contributed by atoms with van der Waals surface area (Å²) >= 11 is 5.90. The lowest BCUT2D eigenvalue weighted by atomic mass is 10.1. The number of hydrogen-bond acceptors (Lipinski definition) is 3. The highest BCUT2D eigenvalue weighted by atomic mass is 35.5. The van der Waals surface area contributed by atoms with E-state index in [0.29, 0.717) is 16.3 Å². The van der Waals surface area contributed by atoms with Gasteiger partial charge in [0.05, 0.1) is 11.4 Å². The van der Waals surface area contributed by atoms with Gasteiger partial charge in [-0.05, 0) is 61.7 Å². The third kappa shape index (κ3) is 4.56. The summed E-state index contributed by atoms with van der Waals surface area (Å²) in [6.45, 7) is 5.16. The summed E-state index contributed by atoms with van der Waals surface area (Å²) < 4.78 is 26.8. The van der Waals surface area contributed by atoms with Gasteiger partial charge in [0.25, 0.3) is 0 Å². The van der Waals surface area contributed by atoms with Crippen LogP contribution in [0.5, 0.6) is 0 Å². The maximum absolute atomic E-state index is 12.2. The van der Waals surface area contributed by atoms with Crippen molar-refractivity contribution in [1.82, 2.24) is 4.72 Å². The Morgan fingerprint density at radius 1 is 1.04 bits per heavy atom. The van der Waals surface area contributed by atoms with Gasteiger partial charge >= 0.3 is 0 Å². The highest BCUT2D eigenvalue weighted by Crippen LogP contribution is 2.19. The van der Waals surface area contributed by atoms with Gasteiger partial charge < -0.3 is 5.32 Å². The molecular weight excluding hydrogens is 348 g/mol. The Kier molecular flexibility index (Phi) is 5.64. The van der Waals surface area contributed by atoms with Crippen molar-refractivity contribution in [1.29, 1.82) is 0 Å². The lowest BCUT2D eigenvalue weighted by Crippen LogP contribution is -2.33. The van der Waals surface area contributed by atoms with Crippen molar-refractivity contribution in [2.45, 2.75) is 25.7 Å². The minimum atomic E-state index is -3.77. The summed E-state index contributed by atoms with van der Waals surface area (Å²) in [6.07, 6.45) is 0. The Morgan fingerprint density at radius 2 is 1.75 bits per heavy atom. The molecule has 0 bridgehead atoms. The predicted molar refractivity (Wildman–Crippen MR) is 95.9 cm³/mol. The molecule has 0 aliphatic heterocycles. The molecule has 2 aromatic carbocycles. The second kappa shape index (κ2) is 7.34. The molecule has 0 saturated carbocycles. The summed E-state index contributed by atoms with van der Waals surface area (Å²) in [5.74, 6) is -0.432. The minimum Gasteiger partial charge on any atom is -0.325 e. The SMILES string of the molecule is Cc1ccc(C)c(NC(=O)CNS(=O)(=O)c2ccc(Cl)c(C)c2)c1. The van der Waals surface area contributed by atoms with Gasteiger partial charge in [-0.15, -0.1) is 0 Å². The molecule has 0 aromatic heterocycles. The highest BCUT2D eigenvalue weighted by Gasteiger charge is 2.16. The molecule has 24 heavy (non-hydrogen) atoms. The molecule has 0 saturated heterocycles. The fourth-order valence-corrected chi connectivity index (χ4v) is 3.28. The number of anilines is 1. The zero-order valence-electron chi connectivity index (χ0n) is 13.7. The van der Waals surface area contributed by atoms with Gasteiger partial charge in [-0.2, -0.15) is 0 Å². The molecule has 0 unspecified atom stereocenters. The molecule has 1 amide bonds. The number of rotatable bonds is 5. The smallest absolute Gasteiger partial charge is 0.241 e. The molecule has 0 spiro atoms. The van der Waals surface area contributed by atoms with Gasteiger partial charge in [-0.25, -0.2) is 13.1 Å². The van der Waals surface area contributed by atoms with Crippen LogP contribution in [0.3, 0.4) is 0 Å². The largest absolute Gasteiger partial charge is 0.325 e. The second-order valence-electron chi connectivity index (χ2n) is 5.60. The molecular formula is C17H19ClN2O3S. The fourth-order valence-electron chi connectivity index (χ4n) is 2.09. The Labute approximate surface area is 147 Å². The molecule has 2 N–H and O–H groups in total. The van der Waals surface area contributed by atoms with Gasteiger partial charge in [-0.1, -0.05) is 23.7 Å². The summed E-state index contributed by atoms with van der Waals surface area (Å²) in [5, 5.41) is 3.20. The normalized spacial score (nSPS) is 11.3. The van der Waals surface area contributed by atoms with Crippen LogP contribution >= 0.6 is 11.6 Å². The van der Waals surface area contributed by atoms with Crippen molar-refractivity contribution >= 4 is 33.2 Å². The third-order valence-corrected chi connectivity index (χ3v) is 5.35. The summed E-state index contributed by atoms with van der Waals surface area (Å²) in [5.41, 5.74) is 3.24. The van der Waals surface area contributed by atoms with Crippen molar-refractivity contribution < 1.29 is 13.2 Å². The van der Waals surface area contributed by atoms with Crippen LogP contribution in [-0.2, 0) is 14.8 Å². The number of halogens is 1. The van der Waals surface area contributed by atoms with Crippen molar-refractivity contribution in [3.8, 4) is 0 Å². The first-order valence-corrected chi connectivity index (χ1v) is 9.18. The van der Waals surface area contributed by atoms with E-state index < -0.39 is 15.9 Å².